The van der Waals surface area contributed by atoms with E-state index in [9.17, 15) is 4.79 Å². The lowest BCUT2D eigenvalue weighted by Gasteiger charge is -2.24. The Balaban J connectivity index is 1.64. The summed E-state index contributed by atoms with van der Waals surface area (Å²) in [6.07, 6.45) is 4.14. The lowest BCUT2D eigenvalue weighted by molar-refractivity contribution is -0.130. The fourth-order valence-corrected chi connectivity index (χ4v) is 3.51. The molecule has 6 heteroatoms. The van der Waals surface area contributed by atoms with Crippen molar-refractivity contribution in [1.82, 2.24) is 19.7 Å². The van der Waals surface area contributed by atoms with Gasteiger partial charge in [-0.05, 0) is 32.3 Å². The number of aromatic nitrogens is 3. The molecule has 1 amide bonds. The highest BCUT2D eigenvalue weighted by Gasteiger charge is 2.28. The molecule has 0 aliphatic heterocycles. The summed E-state index contributed by atoms with van der Waals surface area (Å²) >= 11 is 1.51. The van der Waals surface area contributed by atoms with Gasteiger partial charge in [-0.2, -0.15) is 0 Å². The minimum Gasteiger partial charge on any atom is -0.338 e. The molecule has 122 valence electrons. The van der Waals surface area contributed by atoms with Crippen LogP contribution in [0.5, 0.6) is 0 Å². The Labute approximate surface area is 141 Å². The first-order chi connectivity index (χ1) is 11.2. The first-order valence-electron chi connectivity index (χ1n) is 8.08. The van der Waals surface area contributed by atoms with E-state index in [4.69, 9.17) is 0 Å². The molecule has 3 rings (SSSR count). The van der Waals surface area contributed by atoms with E-state index in [0.29, 0.717) is 19.1 Å². The Kier molecular flexibility index (Phi) is 5.00. The second-order valence-electron chi connectivity index (χ2n) is 5.85. The van der Waals surface area contributed by atoms with Crippen molar-refractivity contribution in [3.8, 4) is 0 Å². The average molecular weight is 330 g/mol. The molecular weight excluding hydrogens is 308 g/mol. The number of hydrogen-bond acceptors (Lipinski definition) is 4. The predicted molar refractivity (Wildman–Crippen MR) is 91.1 cm³/mol. The van der Waals surface area contributed by atoms with Crippen LogP contribution in [-0.4, -0.2) is 37.4 Å². The van der Waals surface area contributed by atoms with Gasteiger partial charge in [0.1, 0.15) is 6.33 Å². The maximum atomic E-state index is 12.7. The first kappa shape index (κ1) is 16.1. The molecule has 1 aromatic carbocycles. The fraction of sp³-hybridized carbons (Fsp3) is 0.471. The van der Waals surface area contributed by atoms with Gasteiger partial charge in [-0.25, -0.2) is 0 Å². The minimum atomic E-state index is -0.166. The Morgan fingerprint density at radius 1 is 1.39 bits per heavy atom. The average Bonchev–Trinajstić information content (AvgIpc) is 3.32. The monoisotopic (exact) mass is 330 g/mol. The number of thioether (sulfide) groups is 1. The topological polar surface area (TPSA) is 51.0 Å². The van der Waals surface area contributed by atoms with E-state index >= 15 is 0 Å². The quantitative estimate of drug-likeness (QED) is 0.732. The third-order valence-electron chi connectivity index (χ3n) is 4.02. The van der Waals surface area contributed by atoms with Crippen LogP contribution in [0.25, 0.3) is 0 Å². The molecule has 0 bridgehead atoms. The van der Waals surface area contributed by atoms with Gasteiger partial charge in [-0.3, -0.25) is 4.79 Å². The highest BCUT2D eigenvalue weighted by Crippen LogP contribution is 2.38. The van der Waals surface area contributed by atoms with Crippen molar-refractivity contribution in [2.24, 2.45) is 0 Å². The van der Waals surface area contributed by atoms with Crippen LogP contribution in [-0.2, 0) is 11.3 Å². The van der Waals surface area contributed by atoms with Gasteiger partial charge in [-0.1, -0.05) is 42.1 Å². The Hall–Kier alpha value is -1.82. The van der Waals surface area contributed by atoms with E-state index in [1.165, 1.54) is 24.6 Å². The van der Waals surface area contributed by atoms with Gasteiger partial charge in [0.15, 0.2) is 5.16 Å². The number of nitrogens with zero attached hydrogens (tertiary/aromatic N) is 4. The molecule has 1 saturated carbocycles. The largest absolute Gasteiger partial charge is 0.338 e. The van der Waals surface area contributed by atoms with Crippen molar-refractivity contribution in [1.29, 1.82) is 0 Å². The molecule has 1 aliphatic rings. The van der Waals surface area contributed by atoms with Crippen LogP contribution >= 0.6 is 11.8 Å². The lowest BCUT2D eigenvalue weighted by Crippen LogP contribution is -2.36. The molecule has 0 saturated heterocycles. The molecule has 0 radical (unpaired) electrons. The van der Waals surface area contributed by atoms with Crippen LogP contribution in [0.2, 0.25) is 0 Å². The first-order valence-corrected chi connectivity index (χ1v) is 8.96. The highest BCUT2D eigenvalue weighted by molar-refractivity contribution is 8.00. The summed E-state index contributed by atoms with van der Waals surface area (Å²) in [5.74, 6) is 0.145. The van der Waals surface area contributed by atoms with Crippen LogP contribution in [0.3, 0.4) is 0 Å². The van der Waals surface area contributed by atoms with E-state index in [0.717, 1.165) is 10.7 Å². The smallest absolute Gasteiger partial charge is 0.236 e. The third-order valence-corrected chi connectivity index (χ3v) is 5.08. The van der Waals surface area contributed by atoms with Crippen molar-refractivity contribution >= 4 is 17.7 Å². The molecule has 1 atom stereocenters. The second kappa shape index (κ2) is 7.17. The number of carbonyl (C=O) groups excluding carboxylic acids is 1. The molecule has 23 heavy (non-hydrogen) atoms. The highest BCUT2D eigenvalue weighted by atomic mass is 32.2. The van der Waals surface area contributed by atoms with Gasteiger partial charge in [0.05, 0.1) is 5.25 Å². The summed E-state index contributed by atoms with van der Waals surface area (Å²) in [5.41, 5.74) is 1.15. The number of amides is 1. The van der Waals surface area contributed by atoms with Crippen LogP contribution in [0.15, 0.2) is 41.8 Å². The zero-order valence-corrected chi connectivity index (χ0v) is 14.4. The summed E-state index contributed by atoms with van der Waals surface area (Å²) in [6, 6.07) is 10.6. The van der Waals surface area contributed by atoms with Crippen molar-refractivity contribution in [2.75, 3.05) is 6.54 Å². The lowest BCUT2D eigenvalue weighted by atomic mass is 10.2. The van der Waals surface area contributed by atoms with Crippen LogP contribution in [0.4, 0.5) is 0 Å². The molecular formula is C17H22N4OS. The van der Waals surface area contributed by atoms with Gasteiger partial charge in [-0.15, -0.1) is 10.2 Å². The van der Waals surface area contributed by atoms with Crippen LogP contribution < -0.4 is 0 Å². The van der Waals surface area contributed by atoms with Gasteiger partial charge >= 0.3 is 0 Å². The molecule has 1 aliphatic carbocycles. The number of hydrogen-bond donors (Lipinski definition) is 0. The minimum absolute atomic E-state index is 0.145. The molecule has 1 aromatic heterocycles. The zero-order chi connectivity index (χ0) is 16.2. The van der Waals surface area contributed by atoms with Gasteiger partial charge in [0, 0.05) is 19.1 Å². The molecule has 2 aromatic rings. The summed E-state index contributed by atoms with van der Waals surface area (Å²) < 4.78 is 2.10. The third kappa shape index (κ3) is 3.93. The fourth-order valence-electron chi connectivity index (χ4n) is 2.53. The van der Waals surface area contributed by atoms with E-state index in [2.05, 4.69) is 26.9 Å². The van der Waals surface area contributed by atoms with Crippen molar-refractivity contribution in [3.63, 3.8) is 0 Å². The van der Waals surface area contributed by atoms with Gasteiger partial charge in [0.2, 0.25) is 5.91 Å². The number of benzene rings is 1. The second-order valence-corrected chi connectivity index (χ2v) is 7.16. The molecule has 0 spiro atoms. The number of rotatable bonds is 7. The zero-order valence-electron chi connectivity index (χ0n) is 13.6. The SMILES string of the molecule is CCN(Cc1ccccc1)C(=O)C(C)Sc1nncn1C1CC1. The Bertz CT molecular complexity index is 654. The van der Waals surface area contributed by atoms with E-state index in [-0.39, 0.29) is 11.2 Å². The summed E-state index contributed by atoms with van der Waals surface area (Å²) in [5, 5.41) is 8.85. The summed E-state index contributed by atoms with van der Waals surface area (Å²) in [4.78, 5) is 14.6. The summed E-state index contributed by atoms with van der Waals surface area (Å²) in [7, 11) is 0. The summed E-state index contributed by atoms with van der Waals surface area (Å²) in [6.45, 7) is 5.32. The van der Waals surface area contributed by atoms with Gasteiger partial charge < -0.3 is 9.47 Å². The predicted octanol–water partition coefficient (Wildman–Crippen LogP) is 3.14. The van der Waals surface area contributed by atoms with Crippen molar-refractivity contribution < 1.29 is 4.79 Å². The van der Waals surface area contributed by atoms with E-state index in [1.807, 2.05) is 36.9 Å². The molecule has 1 unspecified atom stereocenters. The van der Waals surface area contributed by atoms with E-state index in [1.54, 1.807) is 6.33 Å². The Morgan fingerprint density at radius 3 is 2.78 bits per heavy atom. The van der Waals surface area contributed by atoms with Crippen molar-refractivity contribution in [2.45, 2.75) is 49.7 Å². The Morgan fingerprint density at radius 2 is 2.13 bits per heavy atom. The van der Waals surface area contributed by atoms with Gasteiger partial charge in [0.25, 0.3) is 0 Å². The molecule has 0 N–H and O–H groups in total. The normalized spacial score (nSPS) is 15.4. The van der Waals surface area contributed by atoms with Crippen molar-refractivity contribution in [3.05, 3.63) is 42.2 Å². The van der Waals surface area contributed by atoms with E-state index < -0.39 is 0 Å². The van der Waals surface area contributed by atoms with Crippen LogP contribution in [0, 0.1) is 0 Å². The molecule has 5 nitrogen and oxygen atoms in total. The maximum Gasteiger partial charge on any atom is 0.236 e. The molecule has 1 fully saturated rings. The standard InChI is InChI=1S/C17H22N4OS/c1-3-20(11-14-7-5-4-6-8-14)16(22)13(2)23-17-19-18-12-21(17)15-9-10-15/h4-8,12-13,15H,3,9-11H2,1-2H3. The maximum absolute atomic E-state index is 12.7. The number of carbonyl (C=O) groups is 1. The molecule has 1 heterocycles. The van der Waals surface area contributed by atoms with Crippen LogP contribution in [0.1, 0.15) is 38.3 Å².